The molecule has 0 aliphatic heterocycles. The molecule has 0 bridgehead atoms. The summed E-state index contributed by atoms with van der Waals surface area (Å²) in [6.07, 6.45) is 1.60. The summed E-state index contributed by atoms with van der Waals surface area (Å²) in [5, 5.41) is 0.895. The minimum Gasteiger partial charge on any atom is -0.489 e. The van der Waals surface area contributed by atoms with Crippen LogP contribution in [0.2, 0.25) is 0 Å². The third-order valence-electron chi connectivity index (χ3n) is 6.61. The van der Waals surface area contributed by atoms with E-state index in [-0.39, 0.29) is 6.15 Å². The molecule has 5 aromatic rings. The van der Waals surface area contributed by atoms with Crippen LogP contribution in [0.15, 0.2) is 121 Å². The van der Waals surface area contributed by atoms with E-state index in [1.807, 2.05) is 146 Å². The smallest absolute Gasteiger partial charge is 0.373 e. The standard InChI is InChI=1S/C25H23NO4S.C10H13N.C3H6.2C2H6.CO2.CH2O/c1-2-28-25(27)22(30-24-21-10-6-7-11-23(21)31-26-24)16-18-12-14-20(15-13-18)29-17-19-8-4-3-5-9-19;1-8-6-4-5-7-10(8)9(2)11-3;1-3-2;2*1-2;2-1-3;1-2/h3-15,22H,2,16-17H2,1H3;4-7H,1-3H3;3H,1H2,2H3;2*1-2H3;;1H2. The van der Waals surface area contributed by atoms with E-state index in [0.717, 1.165) is 32.7 Å². The first-order valence-corrected chi connectivity index (χ1v) is 18.4. The van der Waals surface area contributed by atoms with Crippen LogP contribution in [0.5, 0.6) is 11.6 Å². The fourth-order valence-corrected chi connectivity index (χ4v) is 4.98. The van der Waals surface area contributed by atoms with Crippen molar-refractivity contribution in [2.75, 3.05) is 13.7 Å². The average molecular weight is 757 g/mol. The Morgan fingerprint density at radius 2 is 1.41 bits per heavy atom. The second-order valence-electron chi connectivity index (χ2n) is 10.1. The van der Waals surface area contributed by atoms with Crippen LogP contribution >= 0.6 is 11.5 Å². The van der Waals surface area contributed by atoms with E-state index in [2.05, 4.69) is 35.0 Å². The predicted molar refractivity (Wildman–Crippen MR) is 222 cm³/mol. The predicted octanol–water partition coefficient (Wildman–Crippen LogP) is 10.3. The lowest BCUT2D eigenvalue weighted by molar-refractivity contribution is -0.191. The number of rotatable bonds is 10. The van der Waals surface area contributed by atoms with Crippen LogP contribution in [0.25, 0.3) is 10.1 Å². The Bertz CT molecular complexity index is 1770. The quantitative estimate of drug-likeness (QED) is 0.0784. The van der Waals surface area contributed by atoms with Crippen molar-refractivity contribution in [3.05, 3.63) is 138 Å². The van der Waals surface area contributed by atoms with Crippen molar-refractivity contribution in [3.8, 4) is 11.6 Å². The number of carbonyl (C=O) groups excluding carboxylic acids is 4. The van der Waals surface area contributed by atoms with E-state index in [9.17, 15) is 4.79 Å². The summed E-state index contributed by atoms with van der Waals surface area (Å²) in [6, 6.07) is 33.8. The minimum absolute atomic E-state index is 0.250. The second kappa shape index (κ2) is 33.2. The van der Waals surface area contributed by atoms with Crippen molar-refractivity contribution in [1.82, 2.24) is 4.37 Å². The molecule has 0 fully saturated rings. The highest BCUT2D eigenvalue weighted by Gasteiger charge is 2.24. The van der Waals surface area contributed by atoms with Crippen molar-refractivity contribution in [1.29, 1.82) is 0 Å². The van der Waals surface area contributed by atoms with Gasteiger partial charge in [-0.05, 0) is 85.7 Å². The molecule has 1 aromatic heterocycles. The highest BCUT2D eigenvalue weighted by Crippen LogP contribution is 2.29. The minimum atomic E-state index is -0.776. The van der Waals surface area contributed by atoms with Crippen LogP contribution in [-0.2, 0) is 36.9 Å². The molecule has 1 atom stereocenters. The van der Waals surface area contributed by atoms with Gasteiger partial charge in [0.15, 0.2) is 0 Å². The SMILES string of the molecule is C=CC.C=O.CC.CC.CCOC(=O)C(Cc1ccc(OCc2ccccc2)cc1)Oc1nsc2ccccc12.CN=C(C)c1ccccc1C.O=C=O. The number of hydrogen-bond acceptors (Lipinski definition) is 10. The third-order valence-corrected chi connectivity index (χ3v) is 7.42. The van der Waals surface area contributed by atoms with Crippen molar-refractivity contribution in [2.45, 2.75) is 74.5 Å². The first-order valence-electron chi connectivity index (χ1n) is 17.6. The van der Waals surface area contributed by atoms with Gasteiger partial charge in [-0.2, -0.15) is 14.0 Å². The Kier molecular flexibility index (Phi) is 31.0. The number of nitrogens with zero attached hydrogens (tertiary/aromatic N) is 2. The molecule has 0 saturated carbocycles. The lowest BCUT2D eigenvalue weighted by Gasteiger charge is -2.17. The maximum Gasteiger partial charge on any atom is 0.373 e. The van der Waals surface area contributed by atoms with Crippen molar-refractivity contribution in [2.24, 2.45) is 4.99 Å². The average Bonchev–Trinajstić information content (AvgIpc) is 3.63. The topological polar surface area (TPSA) is 121 Å². The molecule has 0 amide bonds. The Hall–Kier alpha value is -5.70. The molecular formula is C44H56N2O7S. The Morgan fingerprint density at radius 1 is 0.870 bits per heavy atom. The summed E-state index contributed by atoms with van der Waals surface area (Å²) in [6.45, 7) is 22.0. The normalized spacial score (nSPS) is 9.83. The number of aliphatic imine (C=N–C) groups is 1. The molecule has 290 valence electrons. The van der Waals surface area contributed by atoms with Gasteiger partial charge in [-0.25, -0.2) is 4.79 Å². The molecule has 0 aliphatic carbocycles. The molecule has 0 spiro atoms. The molecule has 0 saturated heterocycles. The number of aryl methyl sites for hydroxylation is 1. The van der Waals surface area contributed by atoms with Gasteiger partial charge >= 0.3 is 12.1 Å². The molecule has 4 aromatic carbocycles. The van der Waals surface area contributed by atoms with Gasteiger partial charge in [-0.3, -0.25) is 4.99 Å². The van der Waals surface area contributed by atoms with Crippen molar-refractivity contribution in [3.63, 3.8) is 0 Å². The molecule has 1 heterocycles. The first-order chi connectivity index (χ1) is 26.3. The van der Waals surface area contributed by atoms with E-state index in [4.69, 9.17) is 28.6 Å². The van der Waals surface area contributed by atoms with Crippen LogP contribution in [0, 0.1) is 6.92 Å². The molecule has 1 unspecified atom stereocenters. The van der Waals surface area contributed by atoms with Gasteiger partial charge in [0.25, 0.3) is 0 Å². The fourth-order valence-electron chi connectivity index (χ4n) is 4.27. The van der Waals surface area contributed by atoms with Gasteiger partial charge in [0.2, 0.25) is 12.0 Å². The number of benzene rings is 4. The summed E-state index contributed by atoms with van der Waals surface area (Å²) >= 11 is 1.35. The van der Waals surface area contributed by atoms with Crippen LogP contribution < -0.4 is 9.47 Å². The monoisotopic (exact) mass is 756 g/mol. The molecule has 0 aliphatic rings. The number of fused-ring (bicyclic) bond motifs is 1. The van der Waals surface area contributed by atoms with Gasteiger partial charge in [-0.15, -0.1) is 6.58 Å². The number of ether oxygens (including phenoxy) is 3. The van der Waals surface area contributed by atoms with Gasteiger partial charge in [-0.1, -0.05) is 113 Å². The van der Waals surface area contributed by atoms with Crippen molar-refractivity contribution < 1.29 is 33.4 Å². The maximum atomic E-state index is 12.5. The van der Waals surface area contributed by atoms with Gasteiger partial charge in [0.1, 0.15) is 19.1 Å². The van der Waals surface area contributed by atoms with Crippen LogP contribution in [0.4, 0.5) is 0 Å². The Labute approximate surface area is 325 Å². The Balaban J connectivity index is 0. The molecule has 0 N–H and O–H groups in total. The highest BCUT2D eigenvalue weighted by atomic mass is 32.1. The molecule has 10 heteroatoms. The zero-order valence-corrected chi connectivity index (χ0v) is 34.0. The van der Waals surface area contributed by atoms with Gasteiger partial charge in [0, 0.05) is 19.2 Å². The molecule has 9 nitrogen and oxygen atoms in total. The number of hydrogen-bond donors (Lipinski definition) is 0. The molecular weight excluding hydrogens is 701 g/mol. The van der Waals surface area contributed by atoms with E-state index in [1.165, 1.54) is 22.7 Å². The van der Waals surface area contributed by atoms with Crippen LogP contribution in [0.3, 0.4) is 0 Å². The lowest BCUT2D eigenvalue weighted by Crippen LogP contribution is -2.31. The summed E-state index contributed by atoms with van der Waals surface area (Å²) in [5.41, 5.74) is 5.69. The number of carbonyl (C=O) groups is 2. The molecule has 0 radical (unpaired) electrons. The van der Waals surface area contributed by atoms with Gasteiger partial charge < -0.3 is 19.0 Å². The molecule has 5 rings (SSSR count). The highest BCUT2D eigenvalue weighted by molar-refractivity contribution is 7.13. The second-order valence-corrected chi connectivity index (χ2v) is 10.9. The summed E-state index contributed by atoms with van der Waals surface area (Å²) in [4.78, 5) is 40.9. The zero-order chi connectivity index (χ0) is 41.1. The van der Waals surface area contributed by atoms with E-state index in [0.29, 0.717) is 25.5 Å². The zero-order valence-electron chi connectivity index (χ0n) is 33.2. The summed E-state index contributed by atoms with van der Waals surface area (Å²) in [7, 11) is 1.82. The van der Waals surface area contributed by atoms with E-state index in [1.54, 1.807) is 13.0 Å². The lowest BCUT2D eigenvalue weighted by atomic mass is 10.1. The molecule has 54 heavy (non-hydrogen) atoms. The third kappa shape index (κ3) is 19.8. The van der Waals surface area contributed by atoms with E-state index >= 15 is 0 Å². The maximum absolute atomic E-state index is 12.5. The first kappa shape index (κ1) is 50.4. The number of allylic oxidation sites excluding steroid dienone is 1. The van der Waals surface area contributed by atoms with Crippen molar-refractivity contribution >= 4 is 46.2 Å². The fraction of sp³-hybridized carbons (Fsp3) is 0.295. The summed E-state index contributed by atoms with van der Waals surface area (Å²) < 4.78 is 22.5. The number of esters is 1. The Morgan fingerprint density at radius 3 is 1.96 bits per heavy atom. The summed E-state index contributed by atoms with van der Waals surface area (Å²) in [5.74, 6) is 0.831. The van der Waals surface area contributed by atoms with Gasteiger partial charge in [0.05, 0.1) is 16.7 Å². The van der Waals surface area contributed by atoms with E-state index < -0.39 is 12.1 Å². The number of aromatic nitrogens is 1. The van der Waals surface area contributed by atoms with Crippen LogP contribution in [0.1, 0.15) is 70.7 Å². The van der Waals surface area contributed by atoms with Crippen LogP contribution in [-0.4, -0.2) is 48.8 Å². The largest absolute Gasteiger partial charge is 0.489 e.